The molecule has 1 heterocycles. The van der Waals surface area contributed by atoms with Crippen LogP contribution in [0.25, 0.3) is 0 Å². The molecule has 0 aromatic carbocycles. The lowest BCUT2D eigenvalue weighted by atomic mass is 9.95. The van der Waals surface area contributed by atoms with Crippen LogP contribution in [0.2, 0.25) is 0 Å². The van der Waals surface area contributed by atoms with Crippen LogP contribution < -0.4 is 10.1 Å². The maximum absolute atomic E-state index is 9.88. The number of aliphatic hydroxyl groups is 1. The first kappa shape index (κ1) is 15.2. The Morgan fingerprint density at radius 2 is 2.20 bits per heavy atom. The lowest BCUT2D eigenvalue weighted by Crippen LogP contribution is -2.34. The van der Waals surface area contributed by atoms with Crippen LogP contribution in [0.1, 0.15) is 31.4 Å². The van der Waals surface area contributed by atoms with E-state index in [1.54, 1.807) is 13.3 Å². The fourth-order valence-electron chi connectivity index (χ4n) is 2.37. The molecule has 2 unspecified atom stereocenters. The number of nitrogens with zero attached hydrogens (tertiary/aromatic N) is 1. The number of aliphatic hydroxyl groups excluding tert-OH is 1. The van der Waals surface area contributed by atoms with Crippen molar-refractivity contribution in [3.05, 3.63) is 24.0 Å². The van der Waals surface area contributed by atoms with Gasteiger partial charge in [0.05, 0.1) is 24.6 Å². The van der Waals surface area contributed by atoms with E-state index in [1.807, 2.05) is 12.1 Å². The highest BCUT2D eigenvalue weighted by Gasteiger charge is 2.24. The largest absolute Gasteiger partial charge is 0.486 e. The summed E-state index contributed by atoms with van der Waals surface area (Å²) in [6, 6.07) is 3.87. The van der Waals surface area contributed by atoms with E-state index >= 15 is 0 Å². The second kappa shape index (κ2) is 8.19. The Kier molecular flexibility index (Phi) is 6.24. The predicted octanol–water partition coefficient (Wildman–Crippen LogP) is 1.50. The molecule has 0 bridgehead atoms. The van der Waals surface area contributed by atoms with Crippen LogP contribution in [-0.4, -0.2) is 42.6 Å². The highest BCUT2D eigenvalue weighted by Crippen LogP contribution is 2.23. The Morgan fingerprint density at radius 1 is 1.35 bits per heavy atom. The molecule has 1 fully saturated rings. The zero-order valence-electron chi connectivity index (χ0n) is 12.0. The minimum Gasteiger partial charge on any atom is -0.486 e. The van der Waals surface area contributed by atoms with Gasteiger partial charge in [-0.05, 0) is 31.4 Å². The van der Waals surface area contributed by atoms with E-state index < -0.39 is 0 Å². The monoisotopic (exact) mass is 280 g/mol. The van der Waals surface area contributed by atoms with Crippen molar-refractivity contribution in [2.45, 2.75) is 44.4 Å². The third-order valence-corrected chi connectivity index (χ3v) is 3.54. The van der Waals surface area contributed by atoms with Crippen molar-refractivity contribution in [3.63, 3.8) is 0 Å². The van der Waals surface area contributed by atoms with Gasteiger partial charge in [0.25, 0.3) is 0 Å². The molecule has 1 saturated carbocycles. The third kappa shape index (κ3) is 4.74. The normalized spacial score (nSPS) is 22.7. The minimum absolute atomic E-state index is 0.0868. The van der Waals surface area contributed by atoms with Crippen LogP contribution in [0.5, 0.6) is 5.75 Å². The first-order valence-corrected chi connectivity index (χ1v) is 7.29. The first-order chi connectivity index (χ1) is 9.79. The van der Waals surface area contributed by atoms with Gasteiger partial charge in [0.1, 0.15) is 11.9 Å². The SMILES string of the molecule is COCCNCc1ccc(OC2CCCCC2O)cn1. The van der Waals surface area contributed by atoms with E-state index in [1.165, 1.54) is 0 Å². The second-order valence-electron chi connectivity index (χ2n) is 5.16. The van der Waals surface area contributed by atoms with Gasteiger partial charge < -0.3 is 19.9 Å². The number of hydrogen-bond acceptors (Lipinski definition) is 5. The summed E-state index contributed by atoms with van der Waals surface area (Å²) in [5.74, 6) is 0.733. The molecule has 5 nitrogen and oxygen atoms in total. The maximum atomic E-state index is 9.88. The van der Waals surface area contributed by atoms with Crippen molar-refractivity contribution in [1.29, 1.82) is 0 Å². The molecule has 1 aromatic heterocycles. The molecule has 0 amide bonds. The Labute approximate surface area is 120 Å². The molecule has 2 atom stereocenters. The second-order valence-corrected chi connectivity index (χ2v) is 5.16. The Hall–Kier alpha value is -1.17. The van der Waals surface area contributed by atoms with Gasteiger partial charge in [-0.25, -0.2) is 0 Å². The van der Waals surface area contributed by atoms with Gasteiger partial charge in [0.2, 0.25) is 0 Å². The van der Waals surface area contributed by atoms with Crippen LogP contribution in [-0.2, 0) is 11.3 Å². The van der Waals surface area contributed by atoms with Gasteiger partial charge in [-0.1, -0.05) is 6.42 Å². The summed E-state index contributed by atoms with van der Waals surface area (Å²) in [7, 11) is 1.69. The molecule has 112 valence electrons. The van der Waals surface area contributed by atoms with E-state index in [2.05, 4.69) is 10.3 Å². The molecule has 1 aliphatic rings. The standard InChI is InChI=1S/C15H24N2O3/c1-19-9-8-16-10-12-6-7-13(11-17-12)20-15-5-3-2-4-14(15)18/h6-7,11,14-16,18H,2-5,8-10H2,1H3. The fourth-order valence-corrected chi connectivity index (χ4v) is 2.37. The number of hydrogen-bond donors (Lipinski definition) is 2. The maximum Gasteiger partial charge on any atom is 0.138 e. The van der Waals surface area contributed by atoms with Crippen molar-refractivity contribution < 1.29 is 14.6 Å². The number of rotatable bonds is 7. The van der Waals surface area contributed by atoms with Gasteiger partial charge in [0, 0.05) is 20.2 Å². The van der Waals surface area contributed by atoms with E-state index in [9.17, 15) is 5.11 Å². The fraction of sp³-hybridized carbons (Fsp3) is 0.667. The zero-order chi connectivity index (χ0) is 14.2. The van der Waals surface area contributed by atoms with Crippen molar-refractivity contribution >= 4 is 0 Å². The summed E-state index contributed by atoms with van der Waals surface area (Å²) >= 11 is 0. The van der Waals surface area contributed by atoms with Gasteiger partial charge >= 0.3 is 0 Å². The van der Waals surface area contributed by atoms with E-state index in [0.717, 1.165) is 50.2 Å². The summed E-state index contributed by atoms with van der Waals surface area (Å²) in [6.45, 7) is 2.22. The summed E-state index contributed by atoms with van der Waals surface area (Å²) < 4.78 is 10.8. The minimum atomic E-state index is -0.348. The summed E-state index contributed by atoms with van der Waals surface area (Å²) in [6.07, 6.45) is 5.26. The number of pyridine rings is 1. The average Bonchev–Trinajstić information content (AvgIpc) is 2.48. The van der Waals surface area contributed by atoms with Gasteiger partial charge in [-0.2, -0.15) is 0 Å². The number of nitrogens with one attached hydrogen (secondary N) is 1. The molecule has 0 aliphatic heterocycles. The van der Waals surface area contributed by atoms with Crippen molar-refractivity contribution in [1.82, 2.24) is 10.3 Å². The zero-order valence-corrected chi connectivity index (χ0v) is 12.0. The van der Waals surface area contributed by atoms with E-state index in [0.29, 0.717) is 6.61 Å². The Balaban J connectivity index is 1.78. The molecule has 0 spiro atoms. The van der Waals surface area contributed by atoms with Crippen LogP contribution in [0.3, 0.4) is 0 Å². The molecule has 0 saturated heterocycles. The lowest BCUT2D eigenvalue weighted by molar-refractivity contribution is 0.00668. The van der Waals surface area contributed by atoms with Crippen LogP contribution in [0.15, 0.2) is 18.3 Å². The quantitative estimate of drug-likeness (QED) is 0.741. The Bertz CT molecular complexity index is 383. The molecule has 20 heavy (non-hydrogen) atoms. The summed E-state index contributed by atoms with van der Waals surface area (Å²) in [4.78, 5) is 4.36. The van der Waals surface area contributed by atoms with Crippen molar-refractivity contribution in [3.8, 4) is 5.75 Å². The summed E-state index contributed by atoms with van der Waals surface area (Å²) in [5, 5.41) is 13.1. The molecule has 1 aliphatic carbocycles. The molecular formula is C15H24N2O3. The predicted molar refractivity (Wildman–Crippen MR) is 76.7 cm³/mol. The third-order valence-electron chi connectivity index (χ3n) is 3.54. The molecule has 2 N–H and O–H groups in total. The number of methoxy groups -OCH3 is 1. The number of ether oxygens (including phenoxy) is 2. The van der Waals surface area contributed by atoms with Crippen LogP contribution in [0, 0.1) is 0 Å². The van der Waals surface area contributed by atoms with Gasteiger partial charge in [-0.15, -0.1) is 0 Å². The topological polar surface area (TPSA) is 63.6 Å². The Morgan fingerprint density at radius 3 is 2.90 bits per heavy atom. The first-order valence-electron chi connectivity index (χ1n) is 7.29. The number of aromatic nitrogens is 1. The molecule has 5 heteroatoms. The lowest BCUT2D eigenvalue weighted by Gasteiger charge is -2.28. The van der Waals surface area contributed by atoms with Crippen molar-refractivity contribution in [2.24, 2.45) is 0 Å². The van der Waals surface area contributed by atoms with Gasteiger partial charge in [-0.3, -0.25) is 4.98 Å². The summed E-state index contributed by atoms with van der Waals surface area (Å²) in [5.41, 5.74) is 0.970. The van der Waals surface area contributed by atoms with Crippen LogP contribution in [0.4, 0.5) is 0 Å². The molecule has 2 rings (SSSR count). The highest BCUT2D eigenvalue weighted by atomic mass is 16.5. The molecule has 1 aromatic rings. The van der Waals surface area contributed by atoms with E-state index in [4.69, 9.17) is 9.47 Å². The smallest absolute Gasteiger partial charge is 0.138 e. The molecule has 0 radical (unpaired) electrons. The highest BCUT2D eigenvalue weighted by molar-refractivity contribution is 5.20. The molecular weight excluding hydrogens is 256 g/mol. The average molecular weight is 280 g/mol. The van der Waals surface area contributed by atoms with Crippen LogP contribution >= 0.6 is 0 Å². The van der Waals surface area contributed by atoms with Crippen molar-refractivity contribution in [2.75, 3.05) is 20.3 Å². The van der Waals surface area contributed by atoms with Gasteiger partial charge in [0.15, 0.2) is 0 Å². The van der Waals surface area contributed by atoms with E-state index in [-0.39, 0.29) is 12.2 Å².